The molecule has 28 heavy (non-hydrogen) atoms. The third-order valence-electron chi connectivity index (χ3n) is 6.45. The van der Waals surface area contributed by atoms with Crippen molar-refractivity contribution in [3.05, 3.63) is 29.8 Å². The van der Waals surface area contributed by atoms with Crippen LogP contribution in [0.4, 0.5) is 4.79 Å². The number of benzene rings is 1. The van der Waals surface area contributed by atoms with Crippen LogP contribution in [0.15, 0.2) is 24.3 Å². The van der Waals surface area contributed by atoms with E-state index in [9.17, 15) is 9.59 Å². The van der Waals surface area contributed by atoms with E-state index >= 15 is 0 Å². The molecule has 0 atom stereocenters. The summed E-state index contributed by atoms with van der Waals surface area (Å²) in [5.41, 5.74) is 0.728. The Balaban J connectivity index is 1.22. The first-order valence-electron chi connectivity index (χ1n) is 10.6. The van der Waals surface area contributed by atoms with Crippen LogP contribution in [0.3, 0.4) is 0 Å². The molecule has 2 heterocycles. The lowest BCUT2D eigenvalue weighted by atomic mass is 9.89. The minimum Gasteiger partial charge on any atom is -0.497 e. The van der Waals surface area contributed by atoms with Crippen LogP contribution in [0, 0.1) is 5.92 Å². The minimum atomic E-state index is -0.000717. The van der Waals surface area contributed by atoms with E-state index in [0.29, 0.717) is 19.1 Å². The van der Waals surface area contributed by atoms with E-state index in [2.05, 4.69) is 10.2 Å². The fourth-order valence-electron chi connectivity index (χ4n) is 4.45. The summed E-state index contributed by atoms with van der Waals surface area (Å²) in [6.45, 7) is 3.51. The molecule has 2 amide bonds. The van der Waals surface area contributed by atoms with E-state index in [1.54, 1.807) is 7.11 Å². The lowest BCUT2D eigenvalue weighted by Gasteiger charge is -2.35. The number of carbonyl (C=O) groups is 2. The lowest BCUT2D eigenvalue weighted by molar-refractivity contribution is 0.0851. The molecule has 0 unspecified atom stereocenters. The smallest absolute Gasteiger partial charge is 0.317 e. The van der Waals surface area contributed by atoms with Crippen molar-refractivity contribution in [1.29, 1.82) is 0 Å². The Labute approximate surface area is 167 Å². The van der Waals surface area contributed by atoms with Gasteiger partial charge in [-0.05, 0) is 62.8 Å². The average Bonchev–Trinajstić information content (AvgIpc) is 3.59. The molecule has 6 heteroatoms. The van der Waals surface area contributed by atoms with Gasteiger partial charge in [0.15, 0.2) is 5.78 Å². The molecule has 0 radical (unpaired) electrons. The quantitative estimate of drug-likeness (QED) is 0.792. The van der Waals surface area contributed by atoms with Gasteiger partial charge in [0.25, 0.3) is 0 Å². The molecule has 2 saturated heterocycles. The number of nitrogens with zero attached hydrogens (tertiary/aromatic N) is 2. The molecule has 3 fully saturated rings. The second-order valence-electron chi connectivity index (χ2n) is 8.34. The number of urea groups is 1. The summed E-state index contributed by atoms with van der Waals surface area (Å²) in [6, 6.07) is 8.46. The van der Waals surface area contributed by atoms with Crippen molar-refractivity contribution in [3.8, 4) is 5.75 Å². The van der Waals surface area contributed by atoms with Gasteiger partial charge in [-0.2, -0.15) is 0 Å². The summed E-state index contributed by atoms with van der Waals surface area (Å²) in [5, 5.41) is 3.22. The van der Waals surface area contributed by atoms with Crippen LogP contribution in [-0.2, 0) is 0 Å². The SMILES string of the molecule is COc1ccc(C(=O)C2CCN(C(=O)NC3CCN(C4CC4)CC3)CC2)cc1. The number of methoxy groups -OCH3 is 1. The number of hydrogen-bond acceptors (Lipinski definition) is 4. The molecule has 1 saturated carbocycles. The van der Waals surface area contributed by atoms with Gasteiger partial charge < -0.3 is 19.9 Å². The number of nitrogens with one attached hydrogen (secondary N) is 1. The fraction of sp³-hybridized carbons (Fsp3) is 0.636. The van der Waals surface area contributed by atoms with Crippen LogP contribution >= 0.6 is 0 Å². The summed E-state index contributed by atoms with van der Waals surface area (Å²) >= 11 is 0. The molecule has 2 aliphatic heterocycles. The lowest BCUT2D eigenvalue weighted by Crippen LogP contribution is -2.51. The first kappa shape index (κ1) is 19.2. The molecule has 0 bridgehead atoms. The van der Waals surface area contributed by atoms with E-state index in [1.807, 2.05) is 29.2 Å². The van der Waals surface area contributed by atoms with Crippen molar-refractivity contribution in [2.24, 2.45) is 5.92 Å². The molecule has 152 valence electrons. The van der Waals surface area contributed by atoms with Crippen molar-refractivity contribution in [2.75, 3.05) is 33.3 Å². The Morgan fingerprint density at radius 2 is 1.57 bits per heavy atom. The number of ketones is 1. The van der Waals surface area contributed by atoms with E-state index in [0.717, 1.165) is 56.1 Å². The summed E-state index contributed by atoms with van der Waals surface area (Å²) in [7, 11) is 1.62. The van der Waals surface area contributed by atoms with Gasteiger partial charge in [-0.15, -0.1) is 0 Å². The van der Waals surface area contributed by atoms with Crippen molar-refractivity contribution in [2.45, 2.75) is 50.6 Å². The number of carbonyl (C=O) groups excluding carboxylic acids is 2. The van der Waals surface area contributed by atoms with Gasteiger partial charge in [-0.3, -0.25) is 4.79 Å². The molecule has 0 spiro atoms. The zero-order valence-corrected chi connectivity index (χ0v) is 16.7. The Bertz CT molecular complexity index is 685. The monoisotopic (exact) mass is 385 g/mol. The van der Waals surface area contributed by atoms with E-state index < -0.39 is 0 Å². The molecule has 1 aromatic carbocycles. The summed E-state index contributed by atoms with van der Waals surface area (Å²) < 4.78 is 5.15. The molecule has 6 nitrogen and oxygen atoms in total. The van der Waals surface area contributed by atoms with Gasteiger partial charge in [-0.1, -0.05) is 0 Å². The van der Waals surface area contributed by atoms with Gasteiger partial charge in [0.1, 0.15) is 5.75 Å². The third kappa shape index (κ3) is 4.49. The van der Waals surface area contributed by atoms with Crippen molar-refractivity contribution in [1.82, 2.24) is 15.1 Å². The van der Waals surface area contributed by atoms with Crippen LogP contribution in [-0.4, -0.2) is 67.0 Å². The Morgan fingerprint density at radius 1 is 0.929 bits per heavy atom. The highest BCUT2D eigenvalue weighted by Gasteiger charge is 2.33. The minimum absolute atomic E-state index is 0.000717. The molecular weight excluding hydrogens is 354 g/mol. The van der Waals surface area contributed by atoms with Crippen LogP contribution < -0.4 is 10.1 Å². The maximum Gasteiger partial charge on any atom is 0.317 e. The van der Waals surface area contributed by atoms with Crippen LogP contribution in [0.1, 0.15) is 48.9 Å². The zero-order chi connectivity index (χ0) is 19.5. The van der Waals surface area contributed by atoms with Crippen LogP contribution in [0.25, 0.3) is 0 Å². The highest BCUT2D eigenvalue weighted by atomic mass is 16.5. The second-order valence-corrected chi connectivity index (χ2v) is 8.34. The van der Waals surface area contributed by atoms with Gasteiger partial charge in [0.05, 0.1) is 7.11 Å². The zero-order valence-electron chi connectivity index (χ0n) is 16.7. The number of amides is 2. The van der Waals surface area contributed by atoms with Crippen LogP contribution in [0.5, 0.6) is 5.75 Å². The number of rotatable bonds is 5. The Hall–Kier alpha value is -2.08. The number of hydrogen-bond donors (Lipinski definition) is 1. The van der Waals surface area contributed by atoms with Gasteiger partial charge in [0.2, 0.25) is 0 Å². The fourth-order valence-corrected chi connectivity index (χ4v) is 4.45. The topological polar surface area (TPSA) is 61.9 Å². The largest absolute Gasteiger partial charge is 0.497 e. The van der Waals surface area contributed by atoms with Gasteiger partial charge in [0, 0.05) is 49.7 Å². The van der Waals surface area contributed by atoms with Gasteiger partial charge >= 0.3 is 6.03 Å². The van der Waals surface area contributed by atoms with E-state index in [1.165, 1.54) is 12.8 Å². The third-order valence-corrected chi connectivity index (χ3v) is 6.45. The van der Waals surface area contributed by atoms with Crippen molar-refractivity contribution >= 4 is 11.8 Å². The Morgan fingerprint density at radius 3 is 2.14 bits per heavy atom. The van der Waals surface area contributed by atoms with Crippen LogP contribution in [0.2, 0.25) is 0 Å². The first-order valence-corrected chi connectivity index (χ1v) is 10.6. The van der Waals surface area contributed by atoms with Gasteiger partial charge in [-0.25, -0.2) is 4.79 Å². The molecule has 1 aromatic rings. The second kappa shape index (κ2) is 8.52. The highest BCUT2D eigenvalue weighted by Crippen LogP contribution is 2.29. The van der Waals surface area contributed by atoms with Crippen molar-refractivity contribution < 1.29 is 14.3 Å². The summed E-state index contributed by atoms with van der Waals surface area (Å²) in [6.07, 6.45) is 6.27. The number of piperidine rings is 2. The molecule has 1 aliphatic carbocycles. The summed E-state index contributed by atoms with van der Waals surface area (Å²) in [5.74, 6) is 0.931. The normalized spacial score (nSPS) is 22.1. The number of ether oxygens (including phenoxy) is 1. The number of likely N-dealkylation sites (tertiary alicyclic amines) is 2. The summed E-state index contributed by atoms with van der Waals surface area (Å²) in [4.78, 5) is 29.8. The molecule has 0 aromatic heterocycles. The standard InChI is InChI=1S/C22H31N3O3/c1-28-20-6-2-16(3-7-20)21(26)17-8-12-25(13-9-17)22(27)23-18-10-14-24(15-11-18)19-4-5-19/h2-3,6-7,17-19H,4-5,8-15H2,1H3,(H,23,27). The number of Topliss-reactive ketones (excluding diaryl/α,β-unsaturated/α-hetero) is 1. The molecule has 1 N–H and O–H groups in total. The molecular formula is C22H31N3O3. The van der Waals surface area contributed by atoms with Crippen molar-refractivity contribution in [3.63, 3.8) is 0 Å². The predicted molar refractivity (Wildman–Crippen MR) is 108 cm³/mol. The van der Waals surface area contributed by atoms with E-state index in [4.69, 9.17) is 4.74 Å². The highest BCUT2D eigenvalue weighted by molar-refractivity contribution is 5.98. The van der Waals surface area contributed by atoms with E-state index in [-0.39, 0.29) is 17.7 Å². The average molecular weight is 386 g/mol. The Kier molecular flexibility index (Phi) is 5.85. The molecule has 4 rings (SSSR count). The molecule has 3 aliphatic rings. The maximum absolute atomic E-state index is 12.7. The first-order chi connectivity index (χ1) is 13.6. The maximum atomic E-state index is 12.7. The predicted octanol–water partition coefficient (Wildman–Crippen LogP) is 2.93.